The van der Waals surface area contributed by atoms with Crippen LogP contribution in [0.4, 0.5) is 13.2 Å². The molecule has 0 amide bonds. The van der Waals surface area contributed by atoms with Crippen LogP contribution >= 0.6 is 0 Å². The topological polar surface area (TPSA) is 89.6 Å². The van der Waals surface area contributed by atoms with Crippen molar-refractivity contribution in [2.75, 3.05) is 0 Å². The molecule has 0 aliphatic rings. The van der Waals surface area contributed by atoms with Gasteiger partial charge in [0.2, 0.25) is 0 Å². The number of benzene rings is 3. The maximum Gasteiger partial charge on any atom is 0.490 e. The number of carbonyl (C=O) groups excluding carboxylic acids is 1. The fourth-order valence-electron chi connectivity index (χ4n) is 2.63. The van der Waals surface area contributed by atoms with Gasteiger partial charge in [0, 0.05) is 5.56 Å². The first-order valence-corrected chi connectivity index (χ1v) is 9.57. The van der Waals surface area contributed by atoms with Crippen molar-refractivity contribution in [3.05, 3.63) is 102 Å². The number of ether oxygens (including phenoxy) is 1. The number of Topliss-reactive ketones (excluding diaryl/α,β-unsaturated/α-hetero) is 1. The minimum Gasteiger partial charge on any atom is -0.489 e. The molecule has 5 nitrogen and oxygen atoms in total. The minimum atomic E-state index is -5.08. The van der Waals surface area contributed by atoms with Crippen molar-refractivity contribution in [1.29, 1.82) is 0 Å². The Morgan fingerprint density at radius 3 is 1.78 bits per heavy atom. The third-order valence-electron chi connectivity index (χ3n) is 4.26. The highest BCUT2D eigenvalue weighted by molar-refractivity contribution is 6.00. The summed E-state index contributed by atoms with van der Waals surface area (Å²) in [6, 6.07) is 26.4. The normalized spacial score (nSPS) is 11.6. The van der Waals surface area contributed by atoms with Crippen molar-refractivity contribution in [1.82, 2.24) is 0 Å². The first-order valence-electron chi connectivity index (χ1n) is 9.57. The van der Waals surface area contributed by atoms with E-state index >= 15 is 0 Å². The van der Waals surface area contributed by atoms with E-state index in [0.717, 1.165) is 16.9 Å². The van der Waals surface area contributed by atoms with Gasteiger partial charge in [0.25, 0.3) is 0 Å². The second-order valence-electron chi connectivity index (χ2n) is 6.76. The molecule has 8 heteroatoms. The Morgan fingerprint density at radius 1 is 0.844 bits per heavy atom. The average molecular weight is 445 g/mol. The van der Waals surface area contributed by atoms with Crippen molar-refractivity contribution < 1.29 is 32.6 Å². The molecule has 0 aliphatic carbocycles. The van der Waals surface area contributed by atoms with E-state index in [1.54, 1.807) is 12.1 Å². The van der Waals surface area contributed by atoms with E-state index < -0.39 is 18.2 Å². The van der Waals surface area contributed by atoms with Crippen molar-refractivity contribution in [2.45, 2.75) is 25.2 Å². The van der Waals surface area contributed by atoms with Gasteiger partial charge in [-0.1, -0.05) is 60.7 Å². The molecule has 3 N–H and O–H groups in total. The molecule has 0 aromatic heterocycles. The van der Waals surface area contributed by atoms with Crippen LogP contribution in [0.2, 0.25) is 0 Å². The van der Waals surface area contributed by atoms with Crippen molar-refractivity contribution in [2.24, 2.45) is 5.73 Å². The van der Waals surface area contributed by atoms with Crippen LogP contribution < -0.4 is 10.5 Å². The number of ketones is 1. The van der Waals surface area contributed by atoms with Gasteiger partial charge in [0.1, 0.15) is 12.4 Å². The SMILES string of the molecule is N[C@@H](Cc1ccccc1)C(=O)c1ccc(OCc2ccccc2)cc1.O=C(O)C(F)(F)F. The molecule has 1 atom stereocenters. The third-order valence-corrected chi connectivity index (χ3v) is 4.26. The molecule has 0 bridgehead atoms. The van der Waals surface area contributed by atoms with Gasteiger partial charge in [0.05, 0.1) is 6.04 Å². The quantitative estimate of drug-likeness (QED) is 0.517. The Hall–Kier alpha value is -3.65. The summed E-state index contributed by atoms with van der Waals surface area (Å²) in [5.74, 6) is -2.08. The van der Waals surface area contributed by atoms with Crippen LogP contribution in [-0.4, -0.2) is 29.1 Å². The Balaban J connectivity index is 0.000000451. The molecule has 0 saturated carbocycles. The van der Waals surface area contributed by atoms with Gasteiger partial charge >= 0.3 is 12.1 Å². The van der Waals surface area contributed by atoms with Gasteiger partial charge in [0.15, 0.2) is 5.78 Å². The predicted octanol–water partition coefficient (Wildman–Crippen LogP) is 4.65. The van der Waals surface area contributed by atoms with Crippen LogP contribution in [0, 0.1) is 0 Å². The predicted molar refractivity (Wildman–Crippen MR) is 113 cm³/mol. The molecule has 3 aromatic carbocycles. The average Bonchev–Trinajstić information content (AvgIpc) is 2.78. The molecule has 168 valence electrons. The summed E-state index contributed by atoms with van der Waals surface area (Å²) < 4.78 is 37.5. The molecule has 0 aliphatic heterocycles. The first kappa shape index (κ1) is 24.6. The van der Waals surface area contributed by atoms with Crippen molar-refractivity contribution >= 4 is 11.8 Å². The van der Waals surface area contributed by atoms with Crippen LogP contribution in [0.1, 0.15) is 21.5 Å². The van der Waals surface area contributed by atoms with E-state index in [0.29, 0.717) is 18.6 Å². The lowest BCUT2D eigenvalue weighted by Crippen LogP contribution is -2.32. The lowest BCUT2D eigenvalue weighted by atomic mass is 9.98. The number of carboxylic acid groups (broad SMARTS) is 1. The van der Waals surface area contributed by atoms with Crippen LogP contribution in [0.15, 0.2) is 84.9 Å². The van der Waals surface area contributed by atoms with Crippen LogP contribution in [0.3, 0.4) is 0 Å². The summed E-state index contributed by atoms with van der Waals surface area (Å²) in [5, 5.41) is 7.12. The Kier molecular flexibility index (Phi) is 8.97. The van der Waals surface area contributed by atoms with E-state index in [4.69, 9.17) is 20.4 Å². The molecular formula is C24H22F3NO4. The molecule has 0 fully saturated rings. The van der Waals surface area contributed by atoms with Gasteiger partial charge in [-0.05, 0) is 41.8 Å². The van der Waals surface area contributed by atoms with E-state index in [9.17, 15) is 18.0 Å². The molecule has 32 heavy (non-hydrogen) atoms. The summed E-state index contributed by atoms with van der Waals surface area (Å²) in [4.78, 5) is 21.4. The maximum atomic E-state index is 12.5. The number of carbonyl (C=O) groups is 2. The number of aliphatic carboxylic acids is 1. The standard InChI is InChI=1S/C22H21NO2.C2HF3O2/c23-21(15-17-7-3-1-4-8-17)22(24)19-11-13-20(14-12-19)25-16-18-9-5-2-6-10-18;3-2(4,5)1(6)7/h1-14,21H,15-16,23H2;(H,6,7)/t21-;/m0./s1. The first-order chi connectivity index (χ1) is 15.2. The molecule has 0 heterocycles. The number of nitrogens with two attached hydrogens (primary N) is 1. The summed E-state index contributed by atoms with van der Waals surface area (Å²) in [6.07, 6.45) is -4.55. The van der Waals surface area contributed by atoms with Gasteiger partial charge < -0.3 is 15.6 Å². The highest BCUT2D eigenvalue weighted by Crippen LogP contribution is 2.16. The lowest BCUT2D eigenvalue weighted by molar-refractivity contribution is -0.192. The van der Waals surface area contributed by atoms with E-state index in [1.165, 1.54) is 0 Å². The number of rotatable bonds is 7. The van der Waals surface area contributed by atoms with E-state index in [2.05, 4.69) is 0 Å². The molecule has 0 saturated heterocycles. The van der Waals surface area contributed by atoms with Crippen LogP contribution in [-0.2, 0) is 17.8 Å². The summed E-state index contributed by atoms with van der Waals surface area (Å²) >= 11 is 0. The lowest BCUT2D eigenvalue weighted by Gasteiger charge is -2.12. The highest BCUT2D eigenvalue weighted by Gasteiger charge is 2.38. The van der Waals surface area contributed by atoms with Crippen molar-refractivity contribution in [3.63, 3.8) is 0 Å². The second-order valence-corrected chi connectivity index (χ2v) is 6.76. The second kappa shape index (κ2) is 11.7. The summed E-state index contributed by atoms with van der Waals surface area (Å²) in [6.45, 7) is 0.502. The monoisotopic (exact) mass is 445 g/mol. The minimum absolute atomic E-state index is 0.0570. The zero-order chi connectivity index (χ0) is 23.6. The van der Waals surface area contributed by atoms with Crippen LogP contribution in [0.5, 0.6) is 5.75 Å². The fraction of sp³-hybridized carbons (Fsp3) is 0.167. The third kappa shape index (κ3) is 8.23. The van der Waals surface area contributed by atoms with Gasteiger partial charge in [-0.2, -0.15) is 13.2 Å². The van der Waals surface area contributed by atoms with Crippen LogP contribution in [0.25, 0.3) is 0 Å². The number of hydrogen-bond donors (Lipinski definition) is 2. The largest absolute Gasteiger partial charge is 0.490 e. The van der Waals surface area contributed by atoms with Crippen molar-refractivity contribution in [3.8, 4) is 5.75 Å². The molecule has 3 rings (SSSR count). The molecule has 3 aromatic rings. The number of hydrogen-bond acceptors (Lipinski definition) is 4. The molecule has 0 radical (unpaired) electrons. The number of carboxylic acids is 1. The molecule has 0 unspecified atom stereocenters. The fourth-order valence-corrected chi connectivity index (χ4v) is 2.63. The molecule has 0 spiro atoms. The van der Waals surface area contributed by atoms with Gasteiger partial charge in [-0.3, -0.25) is 4.79 Å². The summed E-state index contributed by atoms with van der Waals surface area (Å²) in [7, 11) is 0. The Labute approximate surface area is 183 Å². The number of halogens is 3. The Morgan fingerprint density at radius 2 is 1.31 bits per heavy atom. The van der Waals surface area contributed by atoms with E-state index in [-0.39, 0.29) is 5.78 Å². The van der Waals surface area contributed by atoms with Gasteiger partial charge in [-0.15, -0.1) is 0 Å². The zero-order valence-corrected chi connectivity index (χ0v) is 17.0. The van der Waals surface area contributed by atoms with Gasteiger partial charge in [-0.25, -0.2) is 4.79 Å². The smallest absolute Gasteiger partial charge is 0.489 e. The maximum absolute atomic E-state index is 12.5. The molecular weight excluding hydrogens is 423 g/mol. The number of alkyl halides is 3. The zero-order valence-electron chi connectivity index (χ0n) is 17.0. The van der Waals surface area contributed by atoms with E-state index in [1.807, 2.05) is 72.8 Å². The Bertz CT molecular complexity index is 991. The summed E-state index contributed by atoms with van der Waals surface area (Å²) in [5.41, 5.74) is 8.85. The highest BCUT2D eigenvalue weighted by atomic mass is 19.4.